The number of hydrogen-bond acceptors (Lipinski definition) is 4. The zero-order valence-corrected chi connectivity index (χ0v) is 17.3. The van der Waals surface area contributed by atoms with E-state index in [9.17, 15) is 9.59 Å². The summed E-state index contributed by atoms with van der Waals surface area (Å²) in [5.41, 5.74) is 3.51. The Labute approximate surface area is 176 Å². The summed E-state index contributed by atoms with van der Waals surface area (Å²) in [6.07, 6.45) is 2.68. The van der Waals surface area contributed by atoms with Gasteiger partial charge in [0.1, 0.15) is 0 Å². The molecule has 6 heteroatoms. The first kappa shape index (κ1) is 21.3. The third kappa shape index (κ3) is 5.80. The SMILES string of the molecule is CC(C)CC(Nc1cnc2ccccc2c1)c1ccc(C(=O)NCCC(=O)O)cc1. The first-order valence-electron chi connectivity index (χ1n) is 10.1. The summed E-state index contributed by atoms with van der Waals surface area (Å²) >= 11 is 0. The van der Waals surface area contributed by atoms with Crippen LogP contribution in [0, 0.1) is 5.92 Å². The van der Waals surface area contributed by atoms with Crippen LogP contribution in [0.3, 0.4) is 0 Å². The smallest absolute Gasteiger partial charge is 0.305 e. The van der Waals surface area contributed by atoms with E-state index in [1.807, 2.05) is 42.6 Å². The molecule has 0 aliphatic rings. The normalized spacial score (nSPS) is 12.0. The minimum Gasteiger partial charge on any atom is -0.481 e. The molecule has 0 saturated carbocycles. The minimum absolute atomic E-state index is 0.0806. The Hall–Kier alpha value is -3.41. The lowest BCUT2D eigenvalue weighted by Crippen LogP contribution is -2.26. The van der Waals surface area contributed by atoms with Gasteiger partial charge in [-0.3, -0.25) is 14.6 Å². The highest BCUT2D eigenvalue weighted by Gasteiger charge is 2.15. The van der Waals surface area contributed by atoms with E-state index < -0.39 is 5.97 Å². The molecule has 3 N–H and O–H groups in total. The van der Waals surface area contributed by atoms with Crippen molar-refractivity contribution in [3.63, 3.8) is 0 Å². The quantitative estimate of drug-likeness (QED) is 0.482. The molecule has 0 aliphatic heterocycles. The van der Waals surface area contributed by atoms with Gasteiger partial charge in [-0.2, -0.15) is 0 Å². The number of anilines is 1. The van der Waals surface area contributed by atoms with Crippen LogP contribution in [0.5, 0.6) is 0 Å². The fraction of sp³-hybridized carbons (Fsp3) is 0.292. The molecule has 1 unspecified atom stereocenters. The number of carboxylic acid groups (broad SMARTS) is 1. The first-order valence-corrected chi connectivity index (χ1v) is 10.1. The van der Waals surface area contributed by atoms with Crippen molar-refractivity contribution in [2.75, 3.05) is 11.9 Å². The van der Waals surface area contributed by atoms with Gasteiger partial charge in [0.15, 0.2) is 0 Å². The summed E-state index contributed by atoms with van der Waals surface area (Å²) < 4.78 is 0. The van der Waals surface area contributed by atoms with Crippen LogP contribution < -0.4 is 10.6 Å². The van der Waals surface area contributed by atoms with Crippen LogP contribution in [0.2, 0.25) is 0 Å². The van der Waals surface area contributed by atoms with E-state index in [4.69, 9.17) is 5.11 Å². The lowest BCUT2D eigenvalue weighted by atomic mass is 9.96. The summed E-state index contributed by atoms with van der Waals surface area (Å²) in [5.74, 6) is -0.721. The van der Waals surface area contributed by atoms with E-state index >= 15 is 0 Å². The molecule has 3 aromatic rings. The highest BCUT2D eigenvalue weighted by Crippen LogP contribution is 2.27. The molecule has 6 nitrogen and oxygen atoms in total. The van der Waals surface area contributed by atoms with Crippen LogP contribution in [0.1, 0.15) is 48.7 Å². The number of aliphatic carboxylic acids is 1. The third-order valence-electron chi connectivity index (χ3n) is 4.84. The van der Waals surface area contributed by atoms with Crippen LogP contribution in [0.25, 0.3) is 10.9 Å². The summed E-state index contributed by atoms with van der Waals surface area (Å²) in [6, 6.07) is 17.6. The Kier molecular flexibility index (Phi) is 7.01. The molecule has 1 amide bonds. The Bertz CT molecular complexity index is 1020. The number of carbonyl (C=O) groups is 2. The van der Waals surface area contributed by atoms with Gasteiger partial charge in [0, 0.05) is 17.5 Å². The average molecular weight is 405 g/mol. The van der Waals surface area contributed by atoms with Gasteiger partial charge in [0.25, 0.3) is 5.91 Å². The van der Waals surface area contributed by atoms with Crippen molar-refractivity contribution in [1.29, 1.82) is 0 Å². The largest absolute Gasteiger partial charge is 0.481 e. The van der Waals surface area contributed by atoms with E-state index in [0.717, 1.165) is 28.6 Å². The maximum atomic E-state index is 12.2. The van der Waals surface area contributed by atoms with Crippen LogP contribution in [-0.2, 0) is 4.79 Å². The zero-order valence-electron chi connectivity index (χ0n) is 17.3. The Balaban J connectivity index is 1.74. The standard InChI is InChI=1S/C24H27N3O3/c1-16(2)13-22(27-20-14-19-5-3-4-6-21(19)26-15-20)17-7-9-18(10-8-17)24(30)25-12-11-23(28)29/h3-10,14-16,22,27H,11-13H2,1-2H3,(H,25,30)(H,28,29). The lowest BCUT2D eigenvalue weighted by Gasteiger charge is -2.22. The topological polar surface area (TPSA) is 91.3 Å². The fourth-order valence-corrected chi connectivity index (χ4v) is 3.35. The number of amides is 1. The highest BCUT2D eigenvalue weighted by molar-refractivity contribution is 5.94. The van der Waals surface area contributed by atoms with Gasteiger partial charge in [-0.1, -0.05) is 44.2 Å². The van der Waals surface area contributed by atoms with Gasteiger partial charge in [0.05, 0.1) is 29.9 Å². The average Bonchev–Trinajstić information content (AvgIpc) is 2.72. The maximum Gasteiger partial charge on any atom is 0.305 e. The third-order valence-corrected chi connectivity index (χ3v) is 4.84. The molecule has 1 atom stereocenters. The van der Waals surface area contributed by atoms with Gasteiger partial charge in [-0.05, 0) is 42.2 Å². The first-order chi connectivity index (χ1) is 14.4. The summed E-state index contributed by atoms with van der Waals surface area (Å²) in [5, 5.41) is 16.0. The predicted octanol–water partition coefficient (Wildman–Crippen LogP) is 4.64. The van der Waals surface area contributed by atoms with E-state index in [2.05, 4.69) is 35.5 Å². The second-order valence-electron chi connectivity index (χ2n) is 7.76. The van der Waals surface area contributed by atoms with Crippen molar-refractivity contribution < 1.29 is 14.7 Å². The van der Waals surface area contributed by atoms with Crippen molar-refractivity contribution in [2.45, 2.75) is 32.7 Å². The van der Waals surface area contributed by atoms with Crippen molar-refractivity contribution in [2.24, 2.45) is 5.92 Å². The van der Waals surface area contributed by atoms with Crippen molar-refractivity contribution in [3.05, 3.63) is 71.9 Å². The summed E-state index contributed by atoms with van der Waals surface area (Å²) in [7, 11) is 0. The van der Waals surface area contributed by atoms with Crippen LogP contribution >= 0.6 is 0 Å². The van der Waals surface area contributed by atoms with Crippen LogP contribution in [-0.4, -0.2) is 28.5 Å². The molecule has 156 valence electrons. The minimum atomic E-state index is -0.934. The molecular formula is C24H27N3O3. The molecule has 1 heterocycles. The van der Waals surface area contributed by atoms with Gasteiger partial charge < -0.3 is 15.7 Å². The Morgan fingerprint density at radius 1 is 1.07 bits per heavy atom. The van der Waals surface area contributed by atoms with Crippen LogP contribution in [0.15, 0.2) is 60.8 Å². The van der Waals surface area contributed by atoms with E-state index in [1.165, 1.54) is 0 Å². The van der Waals surface area contributed by atoms with E-state index in [0.29, 0.717) is 11.5 Å². The zero-order chi connectivity index (χ0) is 21.5. The molecule has 0 radical (unpaired) electrons. The number of carboxylic acids is 1. The molecule has 0 bridgehead atoms. The van der Waals surface area contributed by atoms with Gasteiger partial charge in [-0.25, -0.2) is 0 Å². The van der Waals surface area contributed by atoms with Gasteiger partial charge in [0.2, 0.25) is 0 Å². The number of aromatic nitrogens is 1. The number of rotatable bonds is 9. The van der Waals surface area contributed by atoms with E-state index in [-0.39, 0.29) is 24.9 Å². The van der Waals surface area contributed by atoms with Crippen molar-refractivity contribution in [1.82, 2.24) is 10.3 Å². The number of pyridine rings is 1. The second-order valence-corrected chi connectivity index (χ2v) is 7.76. The number of nitrogens with zero attached hydrogens (tertiary/aromatic N) is 1. The lowest BCUT2D eigenvalue weighted by molar-refractivity contribution is -0.136. The molecule has 3 rings (SSSR count). The van der Waals surface area contributed by atoms with Gasteiger partial charge >= 0.3 is 5.97 Å². The monoisotopic (exact) mass is 405 g/mol. The Morgan fingerprint density at radius 3 is 2.50 bits per heavy atom. The molecule has 0 aliphatic carbocycles. The second kappa shape index (κ2) is 9.87. The van der Waals surface area contributed by atoms with Crippen LogP contribution in [0.4, 0.5) is 5.69 Å². The van der Waals surface area contributed by atoms with E-state index in [1.54, 1.807) is 12.1 Å². The molecule has 1 aromatic heterocycles. The number of benzene rings is 2. The van der Waals surface area contributed by atoms with Crippen molar-refractivity contribution in [3.8, 4) is 0 Å². The maximum absolute atomic E-state index is 12.2. The number of fused-ring (bicyclic) bond motifs is 1. The molecule has 0 saturated heterocycles. The Morgan fingerprint density at radius 2 is 1.80 bits per heavy atom. The molecule has 2 aromatic carbocycles. The predicted molar refractivity (Wildman–Crippen MR) is 119 cm³/mol. The molecule has 0 spiro atoms. The fourth-order valence-electron chi connectivity index (χ4n) is 3.35. The number of hydrogen-bond donors (Lipinski definition) is 3. The molecule has 30 heavy (non-hydrogen) atoms. The molecule has 0 fully saturated rings. The summed E-state index contributed by atoms with van der Waals surface area (Å²) in [4.78, 5) is 27.3. The number of para-hydroxylation sites is 1. The molecular weight excluding hydrogens is 378 g/mol. The summed E-state index contributed by atoms with van der Waals surface area (Å²) in [6.45, 7) is 4.47. The van der Waals surface area contributed by atoms with Gasteiger partial charge in [-0.15, -0.1) is 0 Å². The number of carbonyl (C=O) groups excluding carboxylic acids is 1. The highest BCUT2D eigenvalue weighted by atomic mass is 16.4. The number of nitrogens with one attached hydrogen (secondary N) is 2. The van der Waals surface area contributed by atoms with Crippen molar-refractivity contribution >= 4 is 28.5 Å².